The molecule has 1 aliphatic heterocycles. The molecule has 0 N–H and O–H groups in total. The van der Waals surface area contributed by atoms with Gasteiger partial charge >= 0.3 is 0 Å². The molecule has 0 aromatic heterocycles. The molecule has 1 unspecified atom stereocenters. The highest BCUT2D eigenvalue weighted by molar-refractivity contribution is 14.1. The Kier molecular flexibility index (Phi) is 2.98. The van der Waals surface area contributed by atoms with Gasteiger partial charge in [0.05, 0.1) is 12.2 Å². The predicted octanol–water partition coefficient (Wildman–Crippen LogP) is 2.63. The number of ether oxygens (including phenoxy) is 1. The maximum Gasteiger partial charge on any atom is 0.0626 e. The van der Waals surface area contributed by atoms with Gasteiger partial charge in [0.2, 0.25) is 0 Å². The van der Waals surface area contributed by atoms with E-state index in [-0.39, 0.29) is 5.60 Å². The maximum absolute atomic E-state index is 5.66. The van der Waals surface area contributed by atoms with E-state index < -0.39 is 0 Å². The zero-order chi connectivity index (χ0) is 7.61. The van der Waals surface area contributed by atoms with Crippen molar-refractivity contribution in [2.75, 3.05) is 11.0 Å². The fourth-order valence-electron chi connectivity index (χ4n) is 1.17. The van der Waals surface area contributed by atoms with Gasteiger partial charge in [-0.1, -0.05) is 22.6 Å². The van der Waals surface area contributed by atoms with Crippen LogP contribution < -0.4 is 0 Å². The molecule has 0 amide bonds. The summed E-state index contributed by atoms with van der Waals surface area (Å²) in [6, 6.07) is 0. The Bertz CT molecular complexity index is 102. The van der Waals surface area contributed by atoms with Gasteiger partial charge < -0.3 is 4.74 Å². The molecule has 0 spiro atoms. The first-order valence-electron chi connectivity index (χ1n) is 3.84. The predicted molar refractivity (Wildman–Crippen MR) is 51.6 cm³/mol. The molecule has 1 nitrogen and oxygen atoms in total. The van der Waals surface area contributed by atoms with Gasteiger partial charge in [0.25, 0.3) is 0 Å². The van der Waals surface area contributed by atoms with Crippen LogP contribution in [-0.2, 0) is 4.74 Å². The summed E-state index contributed by atoms with van der Waals surface area (Å²) in [5, 5.41) is 0. The average molecular weight is 254 g/mol. The molecule has 1 rings (SSSR count). The fraction of sp³-hybridized carbons (Fsp3) is 1.00. The van der Waals surface area contributed by atoms with E-state index in [2.05, 4.69) is 36.4 Å². The molecule has 1 fully saturated rings. The largest absolute Gasteiger partial charge is 0.375 e. The minimum Gasteiger partial charge on any atom is -0.375 e. The van der Waals surface area contributed by atoms with Crippen LogP contribution in [0.5, 0.6) is 0 Å². The molecule has 0 radical (unpaired) electrons. The van der Waals surface area contributed by atoms with Gasteiger partial charge in [0.1, 0.15) is 0 Å². The summed E-state index contributed by atoms with van der Waals surface area (Å²) >= 11 is 2.44. The number of hydrogen-bond donors (Lipinski definition) is 0. The van der Waals surface area contributed by atoms with Crippen molar-refractivity contribution in [3.05, 3.63) is 0 Å². The second-order valence-corrected chi connectivity index (χ2v) is 4.51. The number of alkyl halides is 1. The molecule has 0 saturated carbocycles. The van der Waals surface area contributed by atoms with E-state index in [9.17, 15) is 0 Å². The zero-order valence-corrected chi connectivity index (χ0v) is 8.85. The monoisotopic (exact) mass is 254 g/mol. The van der Waals surface area contributed by atoms with E-state index in [0.29, 0.717) is 0 Å². The van der Waals surface area contributed by atoms with Crippen LogP contribution in [0.2, 0.25) is 0 Å². The lowest BCUT2D eigenvalue weighted by molar-refractivity contribution is -0.0712. The molecule has 1 aliphatic rings. The van der Waals surface area contributed by atoms with Crippen LogP contribution in [0.25, 0.3) is 0 Å². The van der Waals surface area contributed by atoms with Crippen molar-refractivity contribution in [1.82, 2.24) is 0 Å². The lowest BCUT2D eigenvalue weighted by Gasteiger charge is -2.34. The summed E-state index contributed by atoms with van der Waals surface area (Å²) in [5.74, 6) is 0.814. The van der Waals surface area contributed by atoms with E-state index in [1.54, 1.807) is 0 Å². The molecule has 60 valence electrons. The lowest BCUT2D eigenvalue weighted by Crippen LogP contribution is -2.34. The van der Waals surface area contributed by atoms with Crippen LogP contribution in [0, 0.1) is 5.92 Å². The third-order valence-corrected chi connectivity index (χ3v) is 3.33. The smallest absolute Gasteiger partial charge is 0.0626 e. The summed E-state index contributed by atoms with van der Waals surface area (Å²) < 4.78 is 6.91. The Labute approximate surface area is 76.7 Å². The molecular formula is C8H15IO. The fourth-order valence-corrected chi connectivity index (χ4v) is 1.87. The third kappa shape index (κ3) is 2.38. The van der Waals surface area contributed by atoms with Gasteiger partial charge in [0.15, 0.2) is 0 Å². The number of halogens is 1. The molecule has 0 aromatic rings. The molecule has 0 aromatic carbocycles. The highest BCUT2D eigenvalue weighted by Crippen LogP contribution is 2.27. The standard InChI is InChI=1S/C8H15IO/c1-8(2)4-3-7(5-9)6-10-8/h7H,3-6H2,1-2H3. The Morgan fingerprint density at radius 1 is 1.60 bits per heavy atom. The number of rotatable bonds is 1. The van der Waals surface area contributed by atoms with E-state index in [0.717, 1.165) is 12.5 Å². The van der Waals surface area contributed by atoms with Crippen LogP contribution >= 0.6 is 22.6 Å². The molecule has 1 saturated heterocycles. The van der Waals surface area contributed by atoms with Crippen molar-refractivity contribution < 1.29 is 4.74 Å². The Hall–Kier alpha value is 0.690. The van der Waals surface area contributed by atoms with Crippen molar-refractivity contribution in [3.63, 3.8) is 0 Å². The summed E-state index contributed by atoms with van der Waals surface area (Å²) in [6.07, 6.45) is 2.57. The van der Waals surface area contributed by atoms with Crippen molar-refractivity contribution in [2.45, 2.75) is 32.3 Å². The molecule has 10 heavy (non-hydrogen) atoms. The molecule has 0 aliphatic carbocycles. The molecule has 2 heteroatoms. The number of hydrogen-bond acceptors (Lipinski definition) is 1. The normalized spacial score (nSPS) is 32.1. The summed E-state index contributed by atoms with van der Waals surface area (Å²) in [5.41, 5.74) is 0.155. The Morgan fingerprint density at radius 2 is 2.30 bits per heavy atom. The van der Waals surface area contributed by atoms with Crippen LogP contribution in [0.1, 0.15) is 26.7 Å². The summed E-state index contributed by atoms with van der Waals surface area (Å²) in [6.45, 7) is 5.32. The second kappa shape index (κ2) is 3.39. The topological polar surface area (TPSA) is 9.23 Å². The van der Waals surface area contributed by atoms with Crippen molar-refractivity contribution in [3.8, 4) is 0 Å². The highest BCUT2D eigenvalue weighted by atomic mass is 127. The molecular weight excluding hydrogens is 239 g/mol. The SMILES string of the molecule is CC1(C)CCC(CI)CO1. The van der Waals surface area contributed by atoms with Crippen LogP contribution in [0.3, 0.4) is 0 Å². The minimum absolute atomic E-state index is 0.155. The van der Waals surface area contributed by atoms with Gasteiger partial charge in [-0.3, -0.25) is 0 Å². The lowest BCUT2D eigenvalue weighted by atomic mass is 9.93. The van der Waals surface area contributed by atoms with E-state index in [1.807, 2.05) is 0 Å². The van der Waals surface area contributed by atoms with Crippen LogP contribution in [0.4, 0.5) is 0 Å². The van der Waals surface area contributed by atoms with Crippen LogP contribution in [0.15, 0.2) is 0 Å². The first-order chi connectivity index (χ1) is 4.64. The van der Waals surface area contributed by atoms with E-state index in [4.69, 9.17) is 4.74 Å². The summed E-state index contributed by atoms with van der Waals surface area (Å²) in [7, 11) is 0. The molecule has 0 bridgehead atoms. The Balaban J connectivity index is 2.31. The van der Waals surface area contributed by atoms with Crippen LogP contribution in [-0.4, -0.2) is 16.6 Å². The van der Waals surface area contributed by atoms with Gasteiger partial charge in [-0.15, -0.1) is 0 Å². The maximum atomic E-state index is 5.66. The average Bonchev–Trinajstić information content (AvgIpc) is 1.88. The molecule has 1 heterocycles. The highest BCUT2D eigenvalue weighted by Gasteiger charge is 2.26. The van der Waals surface area contributed by atoms with Gasteiger partial charge in [-0.05, 0) is 32.6 Å². The van der Waals surface area contributed by atoms with Crippen molar-refractivity contribution in [1.29, 1.82) is 0 Å². The van der Waals surface area contributed by atoms with Gasteiger partial charge in [-0.25, -0.2) is 0 Å². The van der Waals surface area contributed by atoms with Gasteiger partial charge in [-0.2, -0.15) is 0 Å². The minimum atomic E-state index is 0.155. The quantitative estimate of drug-likeness (QED) is 0.516. The van der Waals surface area contributed by atoms with Crippen molar-refractivity contribution in [2.24, 2.45) is 5.92 Å². The van der Waals surface area contributed by atoms with E-state index >= 15 is 0 Å². The van der Waals surface area contributed by atoms with Gasteiger partial charge in [0, 0.05) is 4.43 Å². The first kappa shape index (κ1) is 8.78. The Morgan fingerprint density at radius 3 is 2.70 bits per heavy atom. The zero-order valence-electron chi connectivity index (χ0n) is 6.69. The summed E-state index contributed by atoms with van der Waals surface area (Å²) in [4.78, 5) is 0. The molecule has 1 atom stereocenters. The second-order valence-electron chi connectivity index (χ2n) is 3.63. The van der Waals surface area contributed by atoms with Crippen molar-refractivity contribution >= 4 is 22.6 Å². The first-order valence-corrected chi connectivity index (χ1v) is 5.36. The van der Waals surface area contributed by atoms with E-state index in [1.165, 1.54) is 17.3 Å². The third-order valence-electron chi connectivity index (χ3n) is 2.08.